The lowest BCUT2D eigenvalue weighted by atomic mass is 10.1. The van der Waals surface area contributed by atoms with E-state index in [4.69, 9.17) is 0 Å². The molecule has 0 amide bonds. The van der Waals surface area contributed by atoms with Crippen LogP contribution in [0.5, 0.6) is 0 Å². The van der Waals surface area contributed by atoms with E-state index in [2.05, 4.69) is 0 Å². The molecule has 2 rings (SSSR count). The van der Waals surface area contributed by atoms with Crippen molar-refractivity contribution in [1.29, 1.82) is 0 Å². The van der Waals surface area contributed by atoms with E-state index < -0.39 is 11.2 Å². The number of hydrogen-bond donors (Lipinski definition) is 0. The summed E-state index contributed by atoms with van der Waals surface area (Å²) < 4.78 is 0. The molecule has 18 heavy (non-hydrogen) atoms. The van der Waals surface area contributed by atoms with Crippen LogP contribution < -0.4 is 5.11 Å². The zero-order chi connectivity index (χ0) is 12.8. The highest BCUT2D eigenvalue weighted by Crippen LogP contribution is 2.25. The predicted molar refractivity (Wildman–Crippen MR) is 71.2 cm³/mol. The minimum atomic E-state index is -1.02. The first-order valence-corrected chi connectivity index (χ1v) is 6.60. The van der Waals surface area contributed by atoms with E-state index in [1.54, 1.807) is 0 Å². The first-order valence-electron chi connectivity index (χ1n) is 5.72. The fourth-order valence-corrected chi connectivity index (χ4v) is 2.68. The molecule has 3 heteroatoms. The highest BCUT2D eigenvalue weighted by molar-refractivity contribution is 8.00. The van der Waals surface area contributed by atoms with E-state index in [1.165, 1.54) is 11.8 Å². The summed E-state index contributed by atoms with van der Waals surface area (Å²) in [7, 11) is 0. The topological polar surface area (TPSA) is 40.1 Å². The van der Waals surface area contributed by atoms with Crippen molar-refractivity contribution >= 4 is 17.7 Å². The third kappa shape index (κ3) is 3.64. The fourth-order valence-electron chi connectivity index (χ4n) is 1.66. The molecule has 0 saturated carbocycles. The molecular formula is C15H13O2S-. The monoisotopic (exact) mass is 257 g/mol. The van der Waals surface area contributed by atoms with Gasteiger partial charge in [0, 0.05) is 4.90 Å². The number of hydrogen-bond acceptors (Lipinski definition) is 3. The number of rotatable bonds is 5. The Kier molecular flexibility index (Phi) is 4.42. The van der Waals surface area contributed by atoms with Gasteiger partial charge in [0.2, 0.25) is 0 Å². The average Bonchev–Trinajstić information content (AvgIpc) is 2.40. The minimum absolute atomic E-state index is 0.475. The van der Waals surface area contributed by atoms with Crippen LogP contribution in [0, 0.1) is 0 Å². The van der Waals surface area contributed by atoms with E-state index in [1.807, 2.05) is 60.7 Å². The van der Waals surface area contributed by atoms with Crippen molar-refractivity contribution in [1.82, 2.24) is 0 Å². The molecule has 0 N–H and O–H groups in total. The lowest BCUT2D eigenvalue weighted by molar-refractivity contribution is -0.304. The summed E-state index contributed by atoms with van der Waals surface area (Å²) in [6.45, 7) is 0. The van der Waals surface area contributed by atoms with Gasteiger partial charge in [-0.1, -0.05) is 48.5 Å². The zero-order valence-electron chi connectivity index (χ0n) is 9.78. The molecule has 0 spiro atoms. The van der Waals surface area contributed by atoms with E-state index in [0.29, 0.717) is 6.42 Å². The number of thioether (sulfide) groups is 1. The Labute approximate surface area is 111 Å². The largest absolute Gasteiger partial charge is 0.549 e. The van der Waals surface area contributed by atoms with Gasteiger partial charge in [0.05, 0.1) is 11.2 Å². The van der Waals surface area contributed by atoms with E-state index >= 15 is 0 Å². The lowest BCUT2D eigenvalue weighted by Crippen LogP contribution is -2.34. The van der Waals surface area contributed by atoms with Crippen LogP contribution in [-0.2, 0) is 11.2 Å². The van der Waals surface area contributed by atoms with Gasteiger partial charge in [-0.05, 0) is 24.1 Å². The number of carboxylic acids is 1. The first-order chi connectivity index (χ1) is 8.75. The van der Waals surface area contributed by atoms with Gasteiger partial charge in [-0.3, -0.25) is 0 Å². The molecular weight excluding hydrogens is 244 g/mol. The summed E-state index contributed by atoms with van der Waals surface area (Å²) in [4.78, 5) is 12.1. The molecule has 2 aromatic rings. The summed E-state index contributed by atoms with van der Waals surface area (Å²) >= 11 is 1.33. The normalized spacial score (nSPS) is 12.0. The van der Waals surface area contributed by atoms with Crippen LogP contribution >= 0.6 is 11.8 Å². The molecule has 0 aromatic heterocycles. The van der Waals surface area contributed by atoms with Gasteiger partial charge in [0.15, 0.2) is 0 Å². The highest BCUT2D eigenvalue weighted by Gasteiger charge is 2.12. The van der Waals surface area contributed by atoms with Crippen LogP contribution in [0.4, 0.5) is 0 Å². The maximum atomic E-state index is 11.2. The summed E-state index contributed by atoms with van der Waals surface area (Å²) in [5, 5.41) is 10.6. The van der Waals surface area contributed by atoms with Gasteiger partial charge >= 0.3 is 0 Å². The predicted octanol–water partition coefficient (Wildman–Crippen LogP) is 2.14. The van der Waals surface area contributed by atoms with Crippen molar-refractivity contribution in [3.8, 4) is 0 Å². The third-order valence-electron chi connectivity index (χ3n) is 2.55. The summed E-state index contributed by atoms with van der Waals surface area (Å²) in [5.74, 6) is -1.02. The molecule has 1 atom stereocenters. The Morgan fingerprint density at radius 2 is 1.56 bits per heavy atom. The lowest BCUT2D eigenvalue weighted by Gasteiger charge is -2.17. The maximum absolute atomic E-state index is 11.2. The molecule has 2 aromatic carbocycles. The summed E-state index contributed by atoms with van der Waals surface area (Å²) in [6.07, 6.45) is 0.475. The Balaban J connectivity index is 2.08. The molecule has 0 aliphatic rings. The van der Waals surface area contributed by atoms with Gasteiger partial charge in [-0.15, -0.1) is 11.8 Å². The second-order valence-electron chi connectivity index (χ2n) is 3.93. The second kappa shape index (κ2) is 6.26. The summed E-state index contributed by atoms with van der Waals surface area (Å²) in [5.41, 5.74) is 1.01. The Morgan fingerprint density at radius 1 is 1.00 bits per heavy atom. The van der Waals surface area contributed by atoms with Crippen molar-refractivity contribution in [2.75, 3.05) is 0 Å². The van der Waals surface area contributed by atoms with Crippen LogP contribution in [0.3, 0.4) is 0 Å². The quantitative estimate of drug-likeness (QED) is 0.770. The second-order valence-corrected chi connectivity index (χ2v) is 5.20. The SMILES string of the molecule is O=C([O-])C(Cc1ccccc1)Sc1ccccc1. The molecule has 0 aliphatic carbocycles. The number of carbonyl (C=O) groups is 1. The van der Waals surface area contributed by atoms with Crippen molar-refractivity contribution in [3.63, 3.8) is 0 Å². The molecule has 0 radical (unpaired) electrons. The zero-order valence-corrected chi connectivity index (χ0v) is 10.6. The van der Waals surface area contributed by atoms with Crippen LogP contribution in [0.15, 0.2) is 65.6 Å². The van der Waals surface area contributed by atoms with Crippen molar-refractivity contribution in [3.05, 3.63) is 66.2 Å². The van der Waals surface area contributed by atoms with Crippen LogP contribution in [-0.4, -0.2) is 11.2 Å². The smallest absolute Gasteiger partial charge is 0.0551 e. The molecule has 0 fully saturated rings. The van der Waals surface area contributed by atoms with Crippen LogP contribution in [0.25, 0.3) is 0 Å². The molecule has 0 heterocycles. The van der Waals surface area contributed by atoms with Crippen molar-refractivity contribution in [2.45, 2.75) is 16.6 Å². The fraction of sp³-hybridized carbons (Fsp3) is 0.133. The van der Waals surface area contributed by atoms with Gasteiger partial charge < -0.3 is 9.90 Å². The first kappa shape index (κ1) is 12.7. The van der Waals surface area contributed by atoms with E-state index in [0.717, 1.165) is 10.5 Å². The van der Waals surface area contributed by atoms with Gasteiger partial charge in [-0.2, -0.15) is 0 Å². The Hall–Kier alpha value is -1.74. The van der Waals surface area contributed by atoms with Gasteiger partial charge in [0.25, 0.3) is 0 Å². The Morgan fingerprint density at radius 3 is 2.11 bits per heavy atom. The molecule has 1 unspecified atom stereocenters. The molecule has 0 bridgehead atoms. The molecule has 0 aliphatic heterocycles. The van der Waals surface area contributed by atoms with E-state index in [9.17, 15) is 9.90 Å². The van der Waals surface area contributed by atoms with Crippen molar-refractivity contribution in [2.24, 2.45) is 0 Å². The van der Waals surface area contributed by atoms with Crippen LogP contribution in [0.1, 0.15) is 5.56 Å². The minimum Gasteiger partial charge on any atom is -0.549 e. The van der Waals surface area contributed by atoms with Gasteiger partial charge in [0.1, 0.15) is 0 Å². The van der Waals surface area contributed by atoms with Crippen LogP contribution in [0.2, 0.25) is 0 Å². The molecule has 92 valence electrons. The number of aliphatic carboxylic acids is 1. The highest BCUT2D eigenvalue weighted by atomic mass is 32.2. The molecule has 0 saturated heterocycles. The third-order valence-corrected chi connectivity index (χ3v) is 3.74. The van der Waals surface area contributed by atoms with Crippen molar-refractivity contribution < 1.29 is 9.90 Å². The number of carbonyl (C=O) groups excluding carboxylic acids is 1. The number of benzene rings is 2. The maximum Gasteiger partial charge on any atom is 0.0551 e. The van der Waals surface area contributed by atoms with Gasteiger partial charge in [-0.25, -0.2) is 0 Å². The molecule has 2 nitrogen and oxygen atoms in total. The van der Waals surface area contributed by atoms with E-state index in [-0.39, 0.29) is 0 Å². The summed E-state index contributed by atoms with van der Waals surface area (Å²) in [6, 6.07) is 19.1. The number of carboxylic acid groups (broad SMARTS) is 1. The Bertz CT molecular complexity index is 455. The standard InChI is InChI=1S/C15H14O2S/c16-15(17)14(11-12-7-3-1-4-8-12)18-13-9-5-2-6-10-13/h1-10,14H,11H2,(H,16,17)/p-1. The average molecular weight is 257 g/mol.